The predicted molar refractivity (Wildman–Crippen MR) is 117 cm³/mol. The molecule has 1 heteroatoms. The predicted octanol–water partition coefficient (Wildman–Crippen LogP) is 8.42. The SMILES string of the molecule is CCC(C)C1=CC(C(C)CC)=[C]([Fe][C]2=C(C(C)CC)C=C(C(C)CC)C2)C1. The topological polar surface area (TPSA) is 0 Å². The summed E-state index contributed by atoms with van der Waals surface area (Å²) in [4.78, 5) is 0. The molecule has 0 spiro atoms. The zero-order chi connectivity index (χ0) is 20.1. The fourth-order valence-corrected chi connectivity index (χ4v) is 5.98. The Labute approximate surface area is 175 Å². The Hall–Kier alpha value is -0.521. The number of rotatable bonds is 10. The number of hydrogen-bond donors (Lipinski definition) is 0. The van der Waals surface area contributed by atoms with Crippen LogP contribution in [0.5, 0.6) is 0 Å². The fourth-order valence-electron chi connectivity index (χ4n) is 3.90. The van der Waals surface area contributed by atoms with Gasteiger partial charge in [-0.05, 0) is 0 Å². The van der Waals surface area contributed by atoms with E-state index < -0.39 is 0 Å². The van der Waals surface area contributed by atoms with Crippen LogP contribution >= 0.6 is 0 Å². The first kappa shape index (κ1) is 22.8. The molecule has 0 saturated carbocycles. The molecule has 0 radical (unpaired) electrons. The first-order valence-electron chi connectivity index (χ1n) is 11.3. The molecule has 2 rings (SSSR count). The molecule has 27 heavy (non-hydrogen) atoms. The summed E-state index contributed by atoms with van der Waals surface area (Å²) in [5.74, 6) is 2.83. The molecule has 154 valence electrons. The zero-order valence-electron chi connectivity index (χ0n) is 19.1. The molecule has 2 aliphatic rings. The van der Waals surface area contributed by atoms with E-state index in [-0.39, 0.29) is 0 Å². The van der Waals surface area contributed by atoms with Crippen LogP contribution in [0.1, 0.15) is 93.9 Å². The van der Waals surface area contributed by atoms with Gasteiger partial charge in [0.25, 0.3) is 0 Å². The van der Waals surface area contributed by atoms with Crippen LogP contribution in [0.2, 0.25) is 0 Å². The van der Waals surface area contributed by atoms with Crippen molar-refractivity contribution in [2.75, 3.05) is 0 Å². The molecule has 0 aromatic heterocycles. The molecule has 0 fully saturated rings. The van der Waals surface area contributed by atoms with Gasteiger partial charge in [-0.3, -0.25) is 0 Å². The first-order chi connectivity index (χ1) is 12.9. The standard InChI is InChI=1S/2C13H21.Fe/c2*1-5-10(3)12-7-8-13(9-12)11(4)6-2;/h2*9-11H,5-7H2,1-4H3;. The molecule has 0 heterocycles. The van der Waals surface area contributed by atoms with Crippen LogP contribution in [-0.2, 0) is 15.0 Å². The van der Waals surface area contributed by atoms with Crippen LogP contribution in [0.3, 0.4) is 0 Å². The van der Waals surface area contributed by atoms with Crippen molar-refractivity contribution in [3.05, 3.63) is 43.4 Å². The van der Waals surface area contributed by atoms with Gasteiger partial charge >= 0.3 is 176 Å². The summed E-state index contributed by atoms with van der Waals surface area (Å²) >= 11 is 1.21. The molecule has 0 amide bonds. The molecule has 0 bridgehead atoms. The number of allylic oxidation sites excluding steroid dienone is 8. The van der Waals surface area contributed by atoms with E-state index in [1.165, 1.54) is 53.5 Å². The van der Waals surface area contributed by atoms with Gasteiger partial charge < -0.3 is 0 Å². The van der Waals surface area contributed by atoms with E-state index in [1.807, 2.05) is 0 Å². The summed E-state index contributed by atoms with van der Waals surface area (Å²) in [6.07, 6.45) is 12.6. The van der Waals surface area contributed by atoms with Crippen molar-refractivity contribution < 1.29 is 15.0 Å². The van der Waals surface area contributed by atoms with Gasteiger partial charge in [0, 0.05) is 0 Å². The van der Waals surface area contributed by atoms with E-state index in [9.17, 15) is 0 Å². The maximum absolute atomic E-state index is 2.58. The summed E-state index contributed by atoms with van der Waals surface area (Å²) in [6.45, 7) is 19.0. The summed E-state index contributed by atoms with van der Waals surface area (Å²) in [5, 5.41) is 0. The molecular weight excluding hydrogens is 368 g/mol. The van der Waals surface area contributed by atoms with Gasteiger partial charge in [0.1, 0.15) is 0 Å². The molecule has 0 aromatic carbocycles. The molecule has 0 nitrogen and oxygen atoms in total. The van der Waals surface area contributed by atoms with Crippen molar-refractivity contribution in [3.8, 4) is 0 Å². The Kier molecular flexibility index (Phi) is 8.69. The van der Waals surface area contributed by atoms with Crippen LogP contribution < -0.4 is 0 Å². The van der Waals surface area contributed by atoms with Crippen molar-refractivity contribution in [2.45, 2.75) is 93.9 Å². The third-order valence-corrected chi connectivity index (χ3v) is 8.69. The molecule has 0 N–H and O–H groups in total. The molecule has 4 unspecified atom stereocenters. The van der Waals surface area contributed by atoms with Crippen molar-refractivity contribution in [1.29, 1.82) is 0 Å². The molecular formula is C26H42Fe. The van der Waals surface area contributed by atoms with E-state index in [0.717, 1.165) is 11.8 Å². The van der Waals surface area contributed by atoms with E-state index in [2.05, 4.69) is 67.5 Å². The molecule has 0 saturated heterocycles. The summed E-state index contributed by atoms with van der Waals surface area (Å²) in [6, 6.07) is 0. The molecule has 4 atom stereocenters. The van der Waals surface area contributed by atoms with Gasteiger partial charge in [-0.25, -0.2) is 0 Å². The monoisotopic (exact) mass is 410 g/mol. The van der Waals surface area contributed by atoms with E-state index in [0.29, 0.717) is 11.8 Å². The van der Waals surface area contributed by atoms with Gasteiger partial charge in [0.15, 0.2) is 0 Å². The average Bonchev–Trinajstić information content (AvgIpc) is 3.30. The van der Waals surface area contributed by atoms with Gasteiger partial charge in [0.05, 0.1) is 0 Å². The first-order valence-corrected chi connectivity index (χ1v) is 12.5. The summed E-state index contributed by atoms with van der Waals surface area (Å²) in [7, 11) is 0. The van der Waals surface area contributed by atoms with Gasteiger partial charge in [-0.15, -0.1) is 0 Å². The van der Waals surface area contributed by atoms with Crippen molar-refractivity contribution in [2.24, 2.45) is 23.7 Å². The Balaban J connectivity index is 2.29. The van der Waals surface area contributed by atoms with Crippen LogP contribution in [0.25, 0.3) is 0 Å². The molecule has 2 aliphatic carbocycles. The Morgan fingerprint density at radius 3 is 1.26 bits per heavy atom. The number of hydrogen-bond acceptors (Lipinski definition) is 0. The van der Waals surface area contributed by atoms with E-state index >= 15 is 0 Å². The zero-order valence-corrected chi connectivity index (χ0v) is 20.2. The minimum atomic E-state index is 0.692. The third kappa shape index (κ3) is 5.30. The normalized spacial score (nSPS) is 22.2. The second-order valence-corrected chi connectivity index (χ2v) is 10.4. The minimum absolute atomic E-state index is 0.692. The molecule has 0 aliphatic heterocycles. The second kappa shape index (κ2) is 10.3. The maximum atomic E-state index is 2.58. The van der Waals surface area contributed by atoms with Gasteiger partial charge in [-0.2, -0.15) is 0 Å². The Bertz CT molecular complexity index is 587. The average molecular weight is 410 g/mol. The van der Waals surface area contributed by atoms with E-state index in [1.54, 1.807) is 31.2 Å². The summed E-state index contributed by atoms with van der Waals surface area (Å²) < 4.78 is 3.46. The van der Waals surface area contributed by atoms with Crippen LogP contribution in [0, 0.1) is 23.7 Å². The van der Waals surface area contributed by atoms with Crippen molar-refractivity contribution in [3.63, 3.8) is 0 Å². The summed E-state index contributed by atoms with van der Waals surface area (Å²) in [5.41, 5.74) is 6.70. The van der Waals surface area contributed by atoms with Crippen molar-refractivity contribution in [1.82, 2.24) is 0 Å². The Morgan fingerprint density at radius 1 is 0.630 bits per heavy atom. The fraction of sp³-hybridized carbons (Fsp3) is 0.692. The third-order valence-electron chi connectivity index (χ3n) is 6.99. The Morgan fingerprint density at radius 2 is 0.963 bits per heavy atom. The van der Waals surface area contributed by atoms with Crippen LogP contribution in [-0.4, -0.2) is 0 Å². The van der Waals surface area contributed by atoms with Crippen LogP contribution in [0.15, 0.2) is 43.4 Å². The van der Waals surface area contributed by atoms with E-state index in [4.69, 9.17) is 0 Å². The van der Waals surface area contributed by atoms with Crippen LogP contribution in [0.4, 0.5) is 0 Å². The second-order valence-electron chi connectivity index (χ2n) is 8.81. The van der Waals surface area contributed by atoms with Gasteiger partial charge in [-0.1, -0.05) is 0 Å². The quantitative estimate of drug-likeness (QED) is 0.317. The van der Waals surface area contributed by atoms with Crippen molar-refractivity contribution >= 4 is 0 Å². The molecule has 0 aromatic rings. The van der Waals surface area contributed by atoms with Gasteiger partial charge in [0.2, 0.25) is 0 Å².